The molecule has 0 bridgehead atoms. The number of carbonyl (C=O) groups is 1. The predicted molar refractivity (Wildman–Crippen MR) is 116 cm³/mol. The van der Waals surface area contributed by atoms with Crippen LogP contribution in [0.25, 0.3) is 31.8 Å². The molecule has 0 aliphatic rings. The van der Waals surface area contributed by atoms with E-state index in [1.165, 1.54) is 23.6 Å². The van der Waals surface area contributed by atoms with Crippen molar-refractivity contribution in [2.75, 3.05) is 13.2 Å². The van der Waals surface area contributed by atoms with Gasteiger partial charge in [0, 0.05) is 17.7 Å². The second kappa shape index (κ2) is 8.52. The average Bonchev–Trinajstić information content (AvgIpc) is 3.15. The molecule has 1 N–H and O–H groups in total. The van der Waals surface area contributed by atoms with E-state index in [0.717, 1.165) is 15.8 Å². The lowest BCUT2D eigenvalue weighted by Gasteiger charge is -2.12. The summed E-state index contributed by atoms with van der Waals surface area (Å²) in [6, 6.07) is 6.67. The fourth-order valence-corrected chi connectivity index (χ4v) is 4.11. The lowest BCUT2D eigenvalue weighted by atomic mass is 10.1. The number of nitrogens with zero attached hydrogens (tertiary/aromatic N) is 3. The third-order valence-electron chi connectivity index (χ3n) is 4.53. The lowest BCUT2D eigenvalue weighted by Crippen LogP contribution is -2.16. The van der Waals surface area contributed by atoms with Crippen molar-refractivity contribution in [1.82, 2.24) is 15.0 Å². The van der Waals surface area contributed by atoms with Gasteiger partial charge in [0.05, 0.1) is 40.7 Å². The number of carbonyl (C=O) groups excluding carboxylic acids is 1. The minimum atomic E-state index is -0.544. The number of thiazole rings is 1. The number of rotatable bonds is 6. The van der Waals surface area contributed by atoms with Crippen LogP contribution >= 0.6 is 11.3 Å². The Bertz CT molecular complexity index is 1290. The molecule has 2 heterocycles. The highest BCUT2D eigenvalue weighted by Gasteiger charge is 2.17. The lowest BCUT2D eigenvalue weighted by molar-refractivity contribution is 0.0519. The summed E-state index contributed by atoms with van der Waals surface area (Å²) in [5.41, 5.74) is 3.43. The highest BCUT2D eigenvalue weighted by molar-refractivity contribution is 7.21. The summed E-state index contributed by atoms with van der Waals surface area (Å²) < 4.78 is 25.6. The van der Waals surface area contributed by atoms with Crippen molar-refractivity contribution in [1.29, 1.82) is 0 Å². The van der Waals surface area contributed by atoms with Gasteiger partial charge in [-0.05, 0) is 38.5 Å². The van der Waals surface area contributed by atoms with Crippen molar-refractivity contribution in [3.63, 3.8) is 0 Å². The van der Waals surface area contributed by atoms with E-state index >= 15 is 0 Å². The zero-order valence-corrected chi connectivity index (χ0v) is 18.0. The van der Waals surface area contributed by atoms with E-state index in [-0.39, 0.29) is 24.7 Å². The molecule has 0 spiro atoms. The van der Waals surface area contributed by atoms with Gasteiger partial charge in [-0.2, -0.15) is 0 Å². The van der Waals surface area contributed by atoms with Crippen LogP contribution in [0.1, 0.15) is 29.9 Å². The summed E-state index contributed by atoms with van der Waals surface area (Å²) in [7, 11) is 0. The predicted octanol–water partition coefficient (Wildman–Crippen LogP) is 4.29. The van der Waals surface area contributed by atoms with Gasteiger partial charge in [0.25, 0.3) is 0 Å². The van der Waals surface area contributed by atoms with Crippen LogP contribution in [0.5, 0.6) is 5.75 Å². The van der Waals surface area contributed by atoms with Gasteiger partial charge in [-0.25, -0.2) is 19.2 Å². The Morgan fingerprint density at radius 1 is 1.23 bits per heavy atom. The van der Waals surface area contributed by atoms with Gasteiger partial charge < -0.3 is 14.6 Å². The van der Waals surface area contributed by atoms with E-state index in [1.54, 1.807) is 19.9 Å². The first-order valence-electron chi connectivity index (χ1n) is 9.72. The summed E-state index contributed by atoms with van der Waals surface area (Å²) in [5, 5.41) is 9.81. The summed E-state index contributed by atoms with van der Waals surface area (Å²) in [6.45, 7) is 5.34. The van der Waals surface area contributed by atoms with Gasteiger partial charge in [-0.15, -0.1) is 11.3 Å². The molecule has 1 atom stereocenters. The van der Waals surface area contributed by atoms with E-state index in [9.17, 15) is 9.18 Å². The molecule has 4 rings (SSSR count). The highest BCUT2D eigenvalue weighted by Crippen LogP contribution is 2.36. The SMILES string of the molecule is CCOC(=O)c1cnc2c(-c3nc4cc(F)c(OC(C)CO)cc4s3)cc(C)cc2n1. The largest absolute Gasteiger partial charge is 0.485 e. The summed E-state index contributed by atoms with van der Waals surface area (Å²) in [4.78, 5) is 25.4. The molecule has 0 saturated heterocycles. The van der Waals surface area contributed by atoms with Gasteiger partial charge in [0.1, 0.15) is 11.1 Å². The van der Waals surface area contributed by atoms with Crippen LogP contribution in [0, 0.1) is 12.7 Å². The molecule has 4 aromatic rings. The van der Waals surface area contributed by atoms with Crippen molar-refractivity contribution in [2.24, 2.45) is 0 Å². The number of ether oxygens (including phenoxy) is 2. The average molecular weight is 441 g/mol. The Kier molecular flexibility index (Phi) is 5.79. The van der Waals surface area contributed by atoms with E-state index < -0.39 is 17.9 Å². The Morgan fingerprint density at radius 2 is 2.03 bits per heavy atom. The third-order valence-corrected chi connectivity index (χ3v) is 5.58. The summed E-state index contributed by atoms with van der Waals surface area (Å²) in [6.07, 6.45) is 0.859. The van der Waals surface area contributed by atoms with Crippen molar-refractivity contribution in [2.45, 2.75) is 26.9 Å². The first-order chi connectivity index (χ1) is 14.9. The van der Waals surface area contributed by atoms with E-state index in [0.29, 0.717) is 21.6 Å². The van der Waals surface area contributed by atoms with Crippen molar-refractivity contribution >= 4 is 38.6 Å². The molecule has 2 aromatic heterocycles. The molecule has 2 aromatic carbocycles. The first kappa shape index (κ1) is 21.1. The Morgan fingerprint density at radius 3 is 2.77 bits per heavy atom. The van der Waals surface area contributed by atoms with E-state index in [4.69, 9.17) is 14.6 Å². The van der Waals surface area contributed by atoms with Crippen molar-refractivity contribution in [3.05, 3.63) is 47.5 Å². The maximum Gasteiger partial charge on any atom is 0.358 e. The fraction of sp³-hybridized carbons (Fsp3) is 0.273. The van der Waals surface area contributed by atoms with Gasteiger partial charge >= 0.3 is 5.97 Å². The number of aliphatic hydroxyl groups is 1. The molecular weight excluding hydrogens is 421 g/mol. The van der Waals surface area contributed by atoms with Crippen LogP contribution < -0.4 is 4.74 Å². The van der Waals surface area contributed by atoms with Crippen LogP contribution in [0.3, 0.4) is 0 Å². The number of fused-ring (bicyclic) bond motifs is 2. The fourth-order valence-electron chi connectivity index (χ4n) is 3.12. The highest BCUT2D eigenvalue weighted by atomic mass is 32.1. The molecule has 9 heteroatoms. The normalized spacial score (nSPS) is 12.3. The molecule has 0 fully saturated rings. The molecule has 0 amide bonds. The van der Waals surface area contributed by atoms with E-state index in [1.807, 2.05) is 19.1 Å². The topological polar surface area (TPSA) is 94.4 Å². The maximum absolute atomic E-state index is 14.4. The summed E-state index contributed by atoms with van der Waals surface area (Å²) in [5.74, 6) is -1.00. The Labute approximate surface area is 181 Å². The minimum Gasteiger partial charge on any atom is -0.485 e. The van der Waals surface area contributed by atoms with Crippen LogP contribution in [0.4, 0.5) is 4.39 Å². The van der Waals surface area contributed by atoms with Crippen LogP contribution in [0.15, 0.2) is 30.5 Å². The number of aryl methyl sites for hydroxylation is 1. The molecule has 31 heavy (non-hydrogen) atoms. The Hall–Kier alpha value is -3.17. The van der Waals surface area contributed by atoms with Crippen LogP contribution in [-0.4, -0.2) is 45.3 Å². The molecule has 1 unspecified atom stereocenters. The van der Waals surface area contributed by atoms with Gasteiger partial charge in [-0.1, -0.05) is 0 Å². The number of esters is 1. The molecule has 0 aliphatic carbocycles. The molecule has 0 aliphatic heterocycles. The molecule has 160 valence electrons. The minimum absolute atomic E-state index is 0.0669. The zero-order valence-electron chi connectivity index (χ0n) is 17.2. The quantitative estimate of drug-likeness (QED) is 0.446. The van der Waals surface area contributed by atoms with Gasteiger partial charge in [0.15, 0.2) is 17.3 Å². The van der Waals surface area contributed by atoms with Gasteiger partial charge in [0.2, 0.25) is 0 Å². The monoisotopic (exact) mass is 441 g/mol. The summed E-state index contributed by atoms with van der Waals surface area (Å²) >= 11 is 1.37. The third kappa shape index (κ3) is 4.19. The first-order valence-corrected chi connectivity index (χ1v) is 10.5. The van der Waals surface area contributed by atoms with Crippen molar-refractivity contribution in [3.8, 4) is 16.3 Å². The standard InChI is InChI=1S/C22H20FN3O4S/c1-4-29-22(28)17-9-24-20-13(5-11(2)6-16(20)25-17)21-26-15-7-14(23)18(8-19(15)31-21)30-12(3)10-27/h5-9,12,27H,4,10H2,1-3H3. The Balaban J connectivity index is 1.81. The van der Waals surface area contributed by atoms with Gasteiger partial charge in [-0.3, -0.25) is 4.98 Å². The zero-order chi connectivity index (χ0) is 22.1. The molecule has 7 nitrogen and oxygen atoms in total. The number of aromatic nitrogens is 3. The number of halogens is 1. The number of hydrogen-bond donors (Lipinski definition) is 1. The number of hydrogen-bond acceptors (Lipinski definition) is 8. The van der Waals surface area contributed by atoms with Crippen LogP contribution in [0.2, 0.25) is 0 Å². The maximum atomic E-state index is 14.4. The molecular formula is C22H20FN3O4S. The second-order valence-corrected chi connectivity index (χ2v) is 8.07. The smallest absolute Gasteiger partial charge is 0.358 e. The number of benzene rings is 2. The van der Waals surface area contributed by atoms with Crippen molar-refractivity contribution < 1.29 is 23.8 Å². The second-order valence-electron chi connectivity index (χ2n) is 7.04. The van der Waals surface area contributed by atoms with Crippen LogP contribution in [-0.2, 0) is 4.74 Å². The van der Waals surface area contributed by atoms with E-state index in [2.05, 4.69) is 15.0 Å². The molecule has 0 saturated carbocycles. The number of aliphatic hydroxyl groups excluding tert-OH is 1. The molecule has 0 radical (unpaired) electrons.